The van der Waals surface area contributed by atoms with Gasteiger partial charge in [0.15, 0.2) is 0 Å². The van der Waals surface area contributed by atoms with Gasteiger partial charge in [-0.3, -0.25) is 0 Å². The SMILES string of the molecule is NCC#Cc1ccc(S(=O)(=O)NCCOC(N)=O)c(F)c1. The molecule has 5 N–H and O–H groups in total. The molecule has 0 atom stereocenters. The fourth-order valence-corrected chi connectivity index (χ4v) is 2.43. The second-order valence-electron chi connectivity index (χ2n) is 3.72. The van der Waals surface area contributed by atoms with Crippen molar-refractivity contribution in [2.75, 3.05) is 19.7 Å². The Bertz CT molecular complexity index is 679. The van der Waals surface area contributed by atoms with Gasteiger partial charge in [-0.15, -0.1) is 0 Å². The molecule has 0 aliphatic carbocycles. The van der Waals surface area contributed by atoms with Crippen LogP contribution in [0, 0.1) is 17.7 Å². The number of nitrogens with one attached hydrogen (secondary N) is 1. The molecule has 0 spiro atoms. The smallest absolute Gasteiger partial charge is 0.404 e. The summed E-state index contributed by atoms with van der Waals surface area (Å²) in [5, 5.41) is 0. The predicted molar refractivity (Wildman–Crippen MR) is 73.1 cm³/mol. The van der Waals surface area contributed by atoms with Crippen molar-refractivity contribution in [2.45, 2.75) is 4.90 Å². The number of nitrogens with two attached hydrogens (primary N) is 2. The van der Waals surface area contributed by atoms with Crippen LogP contribution in [0.3, 0.4) is 0 Å². The predicted octanol–water partition coefficient (Wildman–Crippen LogP) is -0.491. The Labute approximate surface area is 121 Å². The minimum atomic E-state index is -4.06. The molecule has 1 aromatic rings. The molecule has 0 saturated carbocycles. The monoisotopic (exact) mass is 315 g/mol. The zero-order valence-corrected chi connectivity index (χ0v) is 11.7. The third kappa shape index (κ3) is 5.39. The standard InChI is InChI=1S/C12H14FN3O4S/c13-10-8-9(2-1-5-14)3-4-11(10)21(18,19)16-6-7-20-12(15)17/h3-4,8,16H,5-7,14H2,(H2,15,17). The zero-order valence-electron chi connectivity index (χ0n) is 10.9. The van der Waals surface area contributed by atoms with Crippen LogP contribution in [0.1, 0.15) is 5.56 Å². The summed E-state index contributed by atoms with van der Waals surface area (Å²) >= 11 is 0. The Morgan fingerprint density at radius 1 is 1.43 bits per heavy atom. The van der Waals surface area contributed by atoms with E-state index in [1.165, 1.54) is 6.07 Å². The van der Waals surface area contributed by atoms with E-state index in [0.29, 0.717) is 5.56 Å². The Kier molecular flexibility index (Phi) is 6.10. The number of rotatable bonds is 5. The van der Waals surface area contributed by atoms with Gasteiger partial charge in [0.1, 0.15) is 17.3 Å². The van der Waals surface area contributed by atoms with Crippen molar-refractivity contribution >= 4 is 16.1 Å². The van der Waals surface area contributed by atoms with Crippen molar-refractivity contribution in [1.29, 1.82) is 0 Å². The van der Waals surface area contributed by atoms with Crippen LogP contribution in [0.15, 0.2) is 23.1 Å². The van der Waals surface area contributed by atoms with Crippen LogP contribution in [0.4, 0.5) is 9.18 Å². The molecule has 0 unspecified atom stereocenters. The van der Waals surface area contributed by atoms with Crippen LogP contribution in [0.25, 0.3) is 0 Å². The molecule has 114 valence electrons. The summed E-state index contributed by atoms with van der Waals surface area (Å²) in [5.41, 5.74) is 10.2. The minimum Gasteiger partial charge on any atom is -0.448 e. The summed E-state index contributed by atoms with van der Waals surface area (Å²) < 4.78 is 43.9. The fraction of sp³-hybridized carbons (Fsp3) is 0.250. The fourth-order valence-electron chi connectivity index (χ4n) is 1.36. The normalized spacial score (nSPS) is 10.6. The van der Waals surface area contributed by atoms with E-state index in [9.17, 15) is 17.6 Å². The first kappa shape index (κ1) is 16.9. The molecule has 0 saturated heterocycles. The van der Waals surface area contributed by atoms with Crippen LogP contribution >= 0.6 is 0 Å². The van der Waals surface area contributed by atoms with Crippen molar-refractivity contribution in [3.8, 4) is 11.8 Å². The van der Waals surface area contributed by atoms with E-state index < -0.39 is 26.8 Å². The van der Waals surface area contributed by atoms with Crippen LogP contribution in [0.2, 0.25) is 0 Å². The largest absolute Gasteiger partial charge is 0.448 e. The lowest BCUT2D eigenvalue weighted by atomic mass is 10.2. The van der Waals surface area contributed by atoms with Crippen LogP contribution in [0.5, 0.6) is 0 Å². The maximum absolute atomic E-state index is 13.8. The van der Waals surface area contributed by atoms with Gasteiger partial charge >= 0.3 is 6.09 Å². The van der Waals surface area contributed by atoms with Gasteiger partial charge in [-0.1, -0.05) is 11.8 Å². The van der Waals surface area contributed by atoms with Crippen LogP contribution in [-0.2, 0) is 14.8 Å². The molecule has 9 heteroatoms. The molecule has 0 heterocycles. The van der Waals surface area contributed by atoms with E-state index in [1.807, 2.05) is 0 Å². The number of ether oxygens (including phenoxy) is 1. The molecule has 1 rings (SSSR count). The lowest BCUT2D eigenvalue weighted by Gasteiger charge is -2.07. The first-order valence-electron chi connectivity index (χ1n) is 5.77. The van der Waals surface area contributed by atoms with Gasteiger partial charge in [0.25, 0.3) is 0 Å². The summed E-state index contributed by atoms with van der Waals surface area (Å²) in [7, 11) is -4.06. The molecule has 7 nitrogen and oxygen atoms in total. The number of benzene rings is 1. The molecule has 1 amide bonds. The van der Waals surface area contributed by atoms with E-state index in [2.05, 4.69) is 21.3 Å². The van der Waals surface area contributed by atoms with Gasteiger partial charge in [-0.2, -0.15) is 0 Å². The first-order chi connectivity index (χ1) is 9.86. The summed E-state index contributed by atoms with van der Waals surface area (Å²) in [6, 6.07) is 3.45. The number of primary amides is 1. The van der Waals surface area contributed by atoms with Crippen molar-refractivity contribution in [3.63, 3.8) is 0 Å². The number of halogens is 1. The topological polar surface area (TPSA) is 125 Å². The molecule has 0 aromatic heterocycles. The Morgan fingerprint density at radius 2 is 2.14 bits per heavy atom. The van der Waals surface area contributed by atoms with E-state index in [4.69, 9.17) is 11.5 Å². The van der Waals surface area contributed by atoms with Gasteiger partial charge in [-0.25, -0.2) is 22.3 Å². The van der Waals surface area contributed by atoms with Crippen LogP contribution < -0.4 is 16.2 Å². The molecular formula is C12H14FN3O4S. The van der Waals surface area contributed by atoms with E-state index in [-0.39, 0.29) is 19.7 Å². The third-order valence-electron chi connectivity index (χ3n) is 2.19. The van der Waals surface area contributed by atoms with E-state index >= 15 is 0 Å². The van der Waals surface area contributed by atoms with E-state index in [1.54, 1.807) is 0 Å². The number of hydrogen-bond acceptors (Lipinski definition) is 5. The molecular weight excluding hydrogens is 301 g/mol. The molecule has 0 radical (unpaired) electrons. The maximum atomic E-state index is 13.8. The number of carbonyl (C=O) groups is 1. The number of amides is 1. The molecule has 0 fully saturated rings. The highest BCUT2D eigenvalue weighted by atomic mass is 32.2. The van der Waals surface area contributed by atoms with Gasteiger partial charge in [-0.05, 0) is 18.2 Å². The van der Waals surface area contributed by atoms with Crippen molar-refractivity contribution in [3.05, 3.63) is 29.6 Å². The Balaban J connectivity index is 2.81. The molecule has 1 aromatic carbocycles. The maximum Gasteiger partial charge on any atom is 0.404 e. The second kappa shape index (κ2) is 7.58. The average Bonchev–Trinajstić information content (AvgIpc) is 2.41. The molecule has 0 aliphatic rings. The third-order valence-corrected chi connectivity index (χ3v) is 3.69. The van der Waals surface area contributed by atoms with Gasteiger partial charge in [0.05, 0.1) is 6.54 Å². The molecule has 21 heavy (non-hydrogen) atoms. The number of sulfonamides is 1. The summed E-state index contributed by atoms with van der Waals surface area (Å²) in [6.45, 7) is -0.362. The number of carbonyl (C=O) groups excluding carboxylic acids is 1. The molecule has 0 bridgehead atoms. The summed E-state index contributed by atoms with van der Waals surface area (Å²) in [4.78, 5) is 9.78. The van der Waals surface area contributed by atoms with Crippen LogP contribution in [-0.4, -0.2) is 34.2 Å². The first-order valence-corrected chi connectivity index (χ1v) is 7.25. The quantitative estimate of drug-likeness (QED) is 0.499. The van der Waals surface area contributed by atoms with Crippen molar-refractivity contribution < 1.29 is 22.3 Å². The van der Waals surface area contributed by atoms with Gasteiger partial charge < -0.3 is 16.2 Å². The highest BCUT2D eigenvalue weighted by molar-refractivity contribution is 7.89. The summed E-state index contributed by atoms with van der Waals surface area (Å²) in [6.07, 6.45) is -1.02. The average molecular weight is 315 g/mol. The zero-order chi connectivity index (χ0) is 15.9. The lowest BCUT2D eigenvalue weighted by Crippen LogP contribution is -2.29. The Hall–Kier alpha value is -2.15. The highest BCUT2D eigenvalue weighted by Crippen LogP contribution is 2.15. The van der Waals surface area contributed by atoms with E-state index in [0.717, 1.165) is 12.1 Å². The molecule has 0 aliphatic heterocycles. The number of hydrogen-bond donors (Lipinski definition) is 3. The second-order valence-corrected chi connectivity index (χ2v) is 5.45. The summed E-state index contributed by atoms with van der Waals surface area (Å²) in [5.74, 6) is 4.17. The highest BCUT2D eigenvalue weighted by Gasteiger charge is 2.18. The van der Waals surface area contributed by atoms with Gasteiger partial charge in [0, 0.05) is 12.1 Å². The Morgan fingerprint density at radius 3 is 2.71 bits per heavy atom. The van der Waals surface area contributed by atoms with Crippen molar-refractivity contribution in [2.24, 2.45) is 11.5 Å². The lowest BCUT2D eigenvalue weighted by molar-refractivity contribution is 0.159. The minimum absolute atomic E-state index is 0.114. The van der Waals surface area contributed by atoms with Gasteiger partial charge in [0.2, 0.25) is 10.0 Å². The van der Waals surface area contributed by atoms with Crippen molar-refractivity contribution in [1.82, 2.24) is 4.72 Å².